The number of piperidine rings is 1. The van der Waals surface area contributed by atoms with Gasteiger partial charge in [0.1, 0.15) is 5.52 Å². The van der Waals surface area contributed by atoms with E-state index in [2.05, 4.69) is 58.5 Å². The third-order valence-corrected chi connectivity index (χ3v) is 6.91. The number of hydrogen-bond acceptors (Lipinski definition) is 5. The first-order valence-corrected chi connectivity index (χ1v) is 12.4. The van der Waals surface area contributed by atoms with Crippen LogP contribution in [-0.2, 0) is 11.2 Å². The molecule has 2 aromatic heterocycles. The van der Waals surface area contributed by atoms with E-state index in [1.807, 2.05) is 41.9 Å². The van der Waals surface area contributed by atoms with Gasteiger partial charge in [0, 0.05) is 19.6 Å². The number of amides is 1. The van der Waals surface area contributed by atoms with Gasteiger partial charge in [-0.1, -0.05) is 48.0 Å². The molecule has 7 heteroatoms. The Morgan fingerprint density at radius 2 is 1.80 bits per heavy atom. The Kier molecular flexibility index (Phi) is 6.49. The lowest BCUT2D eigenvalue weighted by atomic mass is 9.97. The van der Waals surface area contributed by atoms with Crippen molar-refractivity contribution in [2.24, 2.45) is 5.92 Å². The van der Waals surface area contributed by atoms with E-state index in [0.29, 0.717) is 13.1 Å². The molecule has 1 amide bonds. The summed E-state index contributed by atoms with van der Waals surface area (Å²) in [4.78, 5) is 15.2. The highest BCUT2D eigenvalue weighted by molar-refractivity contribution is 5.92. The van der Waals surface area contributed by atoms with E-state index >= 15 is 0 Å². The predicted molar refractivity (Wildman–Crippen MR) is 139 cm³/mol. The van der Waals surface area contributed by atoms with Gasteiger partial charge in [-0.05, 0) is 57.7 Å². The number of nitrogens with zero attached hydrogens (tertiary/aromatic N) is 5. The van der Waals surface area contributed by atoms with Gasteiger partial charge >= 0.3 is 0 Å². The average Bonchev–Trinajstić information content (AvgIpc) is 3.24. The van der Waals surface area contributed by atoms with Crippen LogP contribution in [0.25, 0.3) is 16.6 Å². The zero-order valence-corrected chi connectivity index (χ0v) is 20.7. The molecule has 4 aromatic rings. The second-order valence-electron chi connectivity index (χ2n) is 9.48. The Morgan fingerprint density at radius 1 is 1.03 bits per heavy atom. The third-order valence-electron chi connectivity index (χ3n) is 6.91. The van der Waals surface area contributed by atoms with Crippen molar-refractivity contribution in [1.29, 1.82) is 0 Å². The van der Waals surface area contributed by atoms with Crippen molar-refractivity contribution < 1.29 is 4.79 Å². The van der Waals surface area contributed by atoms with Crippen LogP contribution in [0.15, 0.2) is 54.6 Å². The molecule has 1 aliphatic rings. The zero-order valence-electron chi connectivity index (χ0n) is 20.7. The van der Waals surface area contributed by atoms with E-state index in [-0.39, 0.29) is 11.8 Å². The highest BCUT2D eigenvalue weighted by Gasteiger charge is 2.29. The van der Waals surface area contributed by atoms with Gasteiger partial charge in [-0.2, -0.15) is 10.2 Å². The predicted octanol–water partition coefficient (Wildman–Crippen LogP) is 4.32. The van der Waals surface area contributed by atoms with E-state index in [1.165, 1.54) is 11.1 Å². The Bertz CT molecular complexity index is 1330. The van der Waals surface area contributed by atoms with E-state index in [4.69, 9.17) is 5.10 Å². The fraction of sp³-hybridized carbons (Fsp3) is 0.357. The fourth-order valence-corrected chi connectivity index (χ4v) is 4.96. The first kappa shape index (κ1) is 23.0. The average molecular weight is 469 g/mol. The lowest BCUT2D eigenvalue weighted by Gasteiger charge is -2.32. The van der Waals surface area contributed by atoms with Crippen LogP contribution in [0.5, 0.6) is 0 Å². The molecule has 3 heterocycles. The van der Waals surface area contributed by atoms with Crippen molar-refractivity contribution in [2.75, 3.05) is 24.5 Å². The Labute approximate surface area is 206 Å². The van der Waals surface area contributed by atoms with E-state index < -0.39 is 0 Å². The van der Waals surface area contributed by atoms with Crippen LogP contribution in [0.3, 0.4) is 0 Å². The number of carbonyl (C=O) groups is 1. The molecule has 1 fully saturated rings. The Balaban J connectivity index is 1.33. The van der Waals surface area contributed by atoms with Gasteiger partial charge in [0.15, 0.2) is 5.82 Å². The van der Waals surface area contributed by atoms with Crippen LogP contribution in [0, 0.1) is 26.7 Å². The van der Waals surface area contributed by atoms with E-state index in [1.54, 1.807) is 0 Å². The number of nitrogens with one attached hydrogen (secondary N) is 1. The zero-order chi connectivity index (χ0) is 24.4. The largest absolute Gasteiger partial charge is 0.355 e. The van der Waals surface area contributed by atoms with E-state index in [9.17, 15) is 4.79 Å². The minimum Gasteiger partial charge on any atom is -0.355 e. The summed E-state index contributed by atoms with van der Waals surface area (Å²) in [5.41, 5.74) is 6.25. The van der Waals surface area contributed by atoms with Crippen LogP contribution < -0.4 is 10.2 Å². The van der Waals surface area contributed by atoms with Crippen LogP contribution in [0.1, 0.15) is 35.4 Å². The summed E-state index contributed by atoms with van der Waals surface area (Å²) in [5, 5.41) is 18.1. The molecule has 0 saturated carbocycles. The molecule has 5 rings (SSSR count). The highest BCUT2D eigenvalue weighted by Crippen LogP contribution is 2.31. The summed E-state index contributed by atoms with van der Waals surface area (Å²) < 4.78 is 1.96. The molecule has 2 aromatic carbocycles. The normalized spacial score (nSPS) is 16.0. The molecule has 7 nitrogen and oxygen atoms in total. The van der Waals surface area contributed by atoms with Crippen molar-refractivity contribution in [1.82, 2.24) is 25.3 Å². The van der Waals surface area contributed by atoms with Crippen molar-refractivity contribution in [2.45, 2.75) is 40.0 Å². The van der Waals surface area contributed by atoms with Gasteiger partial charge in [0.25, 0.3) is 0 Å². The summed E-state index contributed by atoms with van der Waals surface area (Å²) in [6.07, 6.45) is 2.65. The van der Waals surface area contributed by atoms with Gasteiger partial charge < -0.3 is 10.2 Å². The topological polar surface area (TPSA) is 75.9 Å². The Hall–Kier alpha value is -3.74. The molecular weight excluding hydrogens is 436 g/mol. The molecule has 1 saturated heterocycles. The van der Waals surface area contributed by atoms with Crippen molar-refractivity contribution in [3.8, 4) is 5.69 Å². The third kappa shape index (κ3) is 4.76. The summed E-state index contributed by atoms with van der Waals surface area (Å²) >= 11 is 0. The molecule has 0 spiro atoms. The molecule has 180 valence electrons. The molecule has 0 aliphatic carbocycles. The van der Waals surface area contributed by atoms with Gasteiger partial charge in [0.05, 0.1) is 28.4 Å². The molecule has 0 unspecified atom stereocenters. The van der Waals surface area contributed by atoms with Gasteiger partial charge in [-0.25, -0.2) is 4.68 Å². The molecular formula is C28H32N6O. The summed E-state index contributed by atoms with van der Waals surface area (Å²) in [5.74, 6) is 0.807. The SMILES string of the molecule is Cc1ccc(CCNC(=O)[C@@H]2CCCN(c3nnc(C)c4c(C)n(-c5ccccc5)nc34)C2)cc1. The number of hydrogen-bond donors (Lipinski definition) is 1. The minimum absolute atomic E-state index is 0.0720. The van der Waals surface area contributed by atoms with Crippen LogP contribution in [-0.4, -0.2) is 45.5 Å². The highest BCUT2D eigenvalue weighted by atomic mass is 16.1. The number of para-hydroxylation sites is 1. The molecule has 1 N–H and O–H groups in total. The van der Waals surface area contributed by atoms with Crippen molar-refractivity contribution in [3.05, 3.63) is 77.1 Å². The Morgan fingerprint density at radius 3 is 2.57 bits per heavy atom. The quantitative estimate of drug-likeness (QED) is 0.456. The van der Waals surface area contributed by atoms with Crippen molar-refractivity contribution in [3.63, 3.8) is 0 Å². The number of anilines is 1. The maximum Gasteiger partial charge on any atom is 0.224 e. The lowest BCUT2D eigenvalue weighted by Crippen LogP contribution is -2.44. The maximum absolute atomic E-state index is 13.0. The van der Waals surface area contributed by atoms with E-state index in [0.717, 1.165) is 59.6 Å². The molecule has 35 heavy (non-hydrogen) atoms. The molecule has 0 radical (unpaired) electrons. The smallest absolute Gasteiger partial charge is 0.224 e. The monoisotopic (exact) mass is 468 g/mol. The first-order valence-electron chi connectivity index (χ1n) is 12.4. The molecule has 1 aliphatic heterocycles. The molecule has 1 atom stereocenters. The van der Waals surface area contributed by atoms with Crippen LogP contribution >= 0.6 is 0 Å². The second-order valence-corrected chi connectivity index (χ2v) is 9.48. The van der Waals surface area contributed by atoms with Gasteiger partial charge in [-0.3, -0.25) is 4.79 Å². The summed E-state index contributed by atoms with van der Waals surface area (Å²) in [6, 6.07) is 18.6. The van der Waals surface area contributed by atoms with Crippen LogP contribution in [0.4, 0.5) is 5.82 Å². The van der Waals surface area contributed by atoms with Gasteiger partial charge in [0.2, 0.25) is 5.91 Å². The first-order chi connectivity index (χ1) is 17.0. The van der Waals surface area contributed by atoms with Crippen molar-refractivity contribution >= 4 is 22.6 Å². The number of aromatic nitrogens is 4. The summed E-state index contributed by atoms with van der Waals surface area (Å²) in [7, 11) is 0. The lowest BCUT2D eigenvalue weighted by molar-refractivity contribution is -0.125. The number of aryl methyl sites for hydroxylation is 3. The number of rotatable bonds is 6. The fourth-order valence-electron chi connectivity index (χ4n) is 4.96. The minimum atomic E-state index is -0.0720. The second kappa shape index (κ2) is 9.86. The number of carbonyl (C=O) groups excluding carboxylic acids is 1. The molecule has 0 bridgehead atoms. The standard InChI is InChI=1S/C28H32N6O/c1-19-11-13-22(14-12-19)15-16-29-28(35)23-8-7-17-33(18-23)27-26-25(20(2)30-31-27)21(3)34(32-26)24-9-5-4-6-10-24/h4-6,9-14,23H,7-8,15-18H2,1-3H3,(H,29,35)/t23-/m1/s1. The maximum atomic E-state index is 13.0. The number of fused-ring (bicyclic) bond motifs is 1. The van der Waals surface area contributed by atoms with Crippen LogP contribution in [0.2, 0.25) is 0 Å². The summed E-state index contributed by atoms with van der Waals surface area (Å²) in [6.45, 7) is 8.25. The number of benzene rings is 2. The van der Waals surface area contributed by atoms with Gasteiger partial charge in [-0.15, -0.1) is 5.10 Å².